The topological polar surface area (TPSA) is 15.7 Å². The largest absolute Gasteiger partial charge is 0.495 e. The molecule has 6 aromatic rings. The van der Waals surface area contributed by atoms with Crippen LogP contribution in [0.15, 0.2) is 140 Å². The molecule has 0 aliphatic carbocycles. The number of hydrogen-bond donors (Lipinski definition) is 0. The summed E-state index contributed by atoms with van der Waals surface area (Å²) in [5.41, 5.74) is 13.5. The van der Waals surface area contributed by atoms with Crippen LogP contribution in [0.2, 0.25) is 0 Å². The summed E-state index contributed by atoms with van der Waals surface area (Å²) in [5, 5.41) is 0. The Bertz CT molecular complexity index is 1820. The third kappa shape index (κ3) is 5.45. The predicted molar refractivity (Wildman–Crippen MR) is 187 cm³/mol. The Morgan fingerprint density at radius 3 is 1.14 bits per heavy atom. The number of methoxy groups -OCH3 is 1. The number of ether oxygens (including phenoxy) is 1. The molecule has 0 saturated heterocycles. The van der Waals surface area contributed by atoms with E-state index in [9.17, 15) is 0 Å². The van der Waals surface area contributed by atoms with Gasteiger partial charge in [0.05, 0.1) is 18.5 Å². The van der Waals surface area contributed by atoms with Gasteiger partial charge in [-0.2, -0.15) is 0 Å². The van der Waals surface area contributed by atoms with Crippen LogP contribution in [0.3, 0.4) is 0 Å². The normalized spacial score (nSPS) is 10.8. The van der Waals surface area contributed by atoms with Crippen LogP contribution in [-0.2, 0) is 0 Å². The minimum Gasteiger partial charge on any atom is -0.495 e. The maximum absolute atomic E-state index is 6.24. The molecular weight excluding hydrogens is 536 g/mol. The monoisotopic (exact) mass is 574 g/mol. The molecule has 3 nitrogen and oxygen atoms in total. The zero-order valence-corrected chi connectivity index (χ0v) is 26.1. The summed E-state index contributed by atoms with van der Waals surface area (Å²) in [4.78, 5) is 4.75. The highest BCUT2D eigenvalue weighted by molar-refractivity contribution is 5.95. The molecule has 44 heavy (non-hydrogen) atoms. The van der Waals surface area contributed by atoms with Gasteiger partial charge in [-0.05, 0) is 91.9 Å². The second-order valence-corrected chi connectivity index (χ2v) is 11.2. The van der Waals surface area contributed by atoms with Gasteiger partial charge in [0.2, 0.25) is 0 Å². The molecule has 0 aliphatic rings. The van der Waals surface area contributed by atoms with Crippen molar-refractivity contribution in [1.82, 2.24) is 0 Å². The van der Waals surface area contributed by atoms with Crippen LogP contribution in [0.1, 0.15) is 22.3 Å². The van der Waals surface area contributed by atoms with E-state index in [1.54, 1.807) is 7.11 Å². The Kier molecular flexibility index (Phi) is 8.21. The van der Waals surface area contributed by atoms with Crippen molar-refractivity contribution in [3.05, 3.63) is 162 Å². The number of aryl methyl sites for hydroxylation is 4. The molecule has 0 aromatic heterocycles. The van der Waals surface area contributed by atoms with Crippen LogP contribution in [0.4, 0.5) is 34.1 Å². The molecule has 0 amide bonds. The molecule has 218 valence electrons. The first kappa shape index (κ1) is 28.8. The van der Waals surface area contributed by atoms with E-state index in [0.717, 1.165) is 51.0 Å². The Morgan fingerprint density at radius 2 is 0.750 bits per heavy atom. The molecule has 3 heteroatoms. The highest BCUT2D eigenvalue weighted by Crippen LogP contribution is 2.50. The summed E-state index contributed by atoms with van der Waals surface area (Å²) in [7, 11) is 1.77. The number of nitrogens with zero attached hydrogens (tertiary/aromatic N) is 2. The highest BCUT2D eigenvalue weighted by Gasteiger charge is 2.26. The number of benzene rings is 6. The molecule has 0 aliphatic heterocycles. The first-order valence-corrected chi connectivity index (χ1v) is 15.1. The fourth-order valence-corrected chi connectivity index (χ4v) is 5.97. The molecule has 0 heterocycles. The highest BCUT2D eigenvalue weighted by atomic mass is 16.5. The van der Waals surface area contributed by atoms with Gasteiger partial charge < -0.3 is 14.5 Å². The van der Waals surface area contributed by atoms with Crippen molar-refractivity contribution in [3.63, 3.8) is 0 Å². The molecule has 0 radical (unpaired) electrons. The van der Waals surface area contributed by atoms with Gasteiger partial charge in [-0.3, -0.25) is 0 Å². The predicted octanol–water partition coefficient (Wildman–Crippen LogP) is 11.5. The van der Waals surface area contributed by atoms with E-state index in [1.807, 2.05) is 0 Å². The third-order valence-corrected chi connectivity index (χ3v) is 8.29. The molecule has 0 bridgehead atoms. The van der Waals surface area contributed by atoms with E-state index in [2.05, 4.69) is 177 Å². The number of rotatable bonds is 8. The first-order valence-electron chi connectivity index (χ1n) is 15.1. The van der Waals surface area contributed by atoms with Gasteiger partial charge in [0.25, 0.3) is 0 Å². The fraction of sp³-hybridized carbons (Fsp3) is 0.122. The maximum Gasteiger partial charge on any atom is 0.143 e. The summed E-state index contributed by atoms with van der Waals surface area (Å²) < 4.78 is 6.24. The summed E-state index contributed by atoms with van der Waals surface area (Å²) in [6.07, 6.45) is 0. The standard InChI is InChI=1S/C41H38N2O/c1-29-17-9-13-23-35(29)42(36-24-14-10-18-30(36)2)39-28-40(41(44-5)27-34(39)33-21-7-6-8-22-33)43(37-25-15-11-19-31(37)3)38-26-16-12-20-32(38)4/h6-28H,1-5H3. The molecule has 6 aromatic carbocycles. The van der Waals surface area contributed by atoms with Gasteiger partial charge in [0.1, 0.15) is 5.75 Å². The van der Waals surface area contributed by atoms with Crippen molar-refractivity contribution in [2.24, 2.45) is 0 Å². The Balaban J connectivity index is 1.74. The van der Waals surface area contributed by atoms with Gasteiger partial charge in [-0.15, -0.1) is 0 Å². The minimum absolute atomic E-state index is 0.800. The zero-order chi connectivity index (χ0) is 30.6. The second-order valence-electron chi connectivity index (χ2n) is 11.2. The summed E-state index contributed by atoms with van der Waals surface area (Å²) in [6.45, 7) is 8.69. The van der Waals surface area contributed by atoms with Crippen LogP contribution in [0.25, 0.3) is 11.1 Å². The van der Waals surface area contributed by atoms with E-state index in [0.29, 0.717) is 0 Å². The fourth-order valence-electron chi connectivity index (χ4n) is 5.97. The molecule has 0 saturated carbocycles. The van der Waals surface area contributed by atoms with E-state index in [4.69, 9.17) is 4.74 Å². The van der Waals surface area contributed by atoms with Gasteiger partial charge in [0.15, 0.2) is 0 Å². The van der Waals surface area contributed by atoms with Gasteiger partial charge in [-0.1, -0.05) is 103 Å². The Labute approximate surface area is 261 Å². The summed E-state index contributed by atoms with van der Waals surface area (Å²) in [6, 6.07) is 49.4. The smallest absolute Gasteiger partial charge is 0.143 e. The van der Waals surface area contributed by atoms with Crippen molar-refractivity contribution in [3.8, 4) is 16.9 Å². The average Bonchev–Trinajstić information content (AvgIpc) is 3.05. The summed E-state index contributed by atoms with van der Waals surface area (Å²) >= 11 is 0. The molecule has 0 fully saturated rings. The zero-order valence-electron chi connectivity index (χ0n) is 26.1. The van der Waals surface area contributed by atoms with Gasteiger partial charge >= 0.3 is 0 Å². The Morgan fingerprint density at radius 1 is 0.386 bits per heavy atom. The third-order valence-electron chi connectivity index (χ3n) is 8.29. The van der Waals surface area contributed by atoms with Crippen molar-refractivity contribution < 1.29 is 4.74 Å². The van der Waals surface area contributed by atoms with Crippen LogP contribution < -0.4 is 14.5 Å². The molecule has 6 rings (SSSR count). The molecule has 0 N–H and O–H groups in total. The molecule has 0 unspecified atom stereocenters. The number of para-hydroxylation sites is 4. The van der Waals surface area contributed by atoms with Crippen LogP contribution in [0, 0.1) is 27.7 Å². The quantitative estimate of drug-likeness (QED) is 0.180. The van der Waals surface area contributed by atoms with Crippen molar-refractivity contribution >= 4 is 34.1 Å². The lowest BCUT2D eigenvalue weighted by atomic mass is 9.98. The van der Waals surface area contributed by atoms with Crippen molar-refractivity contribution in [1.29, 1.82) is 0 Å². The van der Waals surface area contributed by atoms with Crippen LogP contribution >= 0.6 is 0 Å². The van der Waals surface area contributed by atoms with E-state index >= 15 is 0 Å². The lowest BCUT2D eigenvalue weighted by molar-refractivity contribution is 0.416. The van der Waals surface area contributed by atoms with E-state index < -0.39 is 0 Å². The molecular formula is C41H38N2O. The molecule has 0 atom stereocenters. The van der Waals surface area contributed by atoms with Crippen molar-refractivity contribution in [2.75, 3.05) is 16.9 Å². The number of anilines is 6. The van der Waals surface area contributed by atoms with Crippen LogP contribution in [-0.4, -0.2) is 7.11 Å². The lowest BCUT2D eigenvalue weighted by Gasteiger charge is -2.34. The second kappa shape index (κ2) is 12.5. The van der Waals surface area contributed by atoms with E-state index in [-0.39, 0.29) is 0 Å². The van der Waals surface area contributed by atoms with E-state index in [1.165, 1.54) is 22.3 Å². The lowest BCUT2D eigenvalue weighted by Crippen LogP contribution is -2.17. The first-order chi connectivity index (χ1) is 21.5. The SMILES string of the molecule is COc1cc(-c2ccccc2)c(N(c2ccccc2C)c2ccccc2C)cc1N(c1ccccc1C)c1ccccc1C. The minimum atomic E-state index is 0.800. The number of hydrogen-bond acceptors (Lipinski definition) is 3. The average molecular weight is 575 g/mol. The van der Waals surface area contributed by atoms with Crippen molar-refractivity contribution in [2.45, 2.75) is 27.7 Å². The van der Waals surface area contributed by atoms with Gasteiger partial charge in [0, 0.05) is 28.3 Å². The maximum atomic E-state index is 6.24. The summed E-state index contributed by atoms with van der Waals surface area (Å²) in [5.74, 6) is 0.800. The van der Waals surface area contributed by atoms with Gasteiger partial charge in [-0.25, -0.2) is 0 Å². The Hall–Kier alpha value is -5.28. The van der Waals surface area contributed by atoms with Crippen LogP contribution in [0.5, 0.6) is 5.75 Å². The molecule has 0 spiro atoms.